The predicted molar refractivity (Wildman–Crippen MR) is 63.2 cm³/mol. The molecule has 1 fully saturated rings. The summed E-state index contributed by atoms with van der Waals surface area (Å²) < 4.78 is 4.63. The average molecular weight is 255 g/mol. The maximum atomic E-state index is 11.6. The quantitative estimate of drug-likeness (QED) is 0.878. The Balaban J connectivity index is 2.25. The van der Waals surface area contributed by atoms with Gasteiger partial charge in [-0.25, -0.2) is 4.79 Å². The molecule has 0 saturated carbocycles. The second kappa shape index (κ2) is 4.63. The SMILES string of the molecule is Cc1cc(N2CCC(=O)NC2=O)ccc1OCl. The van der Waals surface area contributed by atoms with Gasteiger partial charge in [0.2, 0.25) is 5.91 Å². The van der Waals surface area contributed by atoms with Crippen LogP contribution in [0.2, 0.25) is 0 Å². The highest BCUT2D eigenvalue weighted by molar-refractivity contribution is 6.09. The number of anilines is 1. The summed E-state index contributed by atoms with van der Waals surface area (Å²) in [5.41, 5.74) is 1.53. The van der Waals surface area contributed by atoms with Gasteiger partial charge in [0.05, 0.1) is 0 Å². The summed E-state index contributed by atoms with van der Waals surface area (Å²) >= 11 is 5.28. The van der Waals surface area contributed by atoms with Crippen LogP contribution in [0.5, 0.6) is 5.75 Å². The molecule has 1 aromatic carbocycles. The number of amides is 3. The summed E-state index contributed by atoms with van der Waals surface area (Å²) in [5.74, 6) is 0.299. The Labute approximate surface area is 103 Å². The molecule has 0 bridgehead atoms. The maximum Gasteiger partial charge on any atom is 0.328 e. The molecule has 0 radical (unpaired) electrons. The molecular formula is C11H11ClN2O3. The lowest BCUT2D eigenvalue weighted by Crippen LogP contribution is -2.49. The fourth-order valence-electron chi connectivity index (χ4n) is 1.70. The second-order valence-electron chi connectivity index (χ2n) is 3.78. The molecule has 1 saturated heterocycles. The Bertz CT molecular complexity index is 476. The highest BCUT2D eigenvalue weighted by Gasteiger charge is 2.24. The Morgan fingerprint density at radius 1 is 1.41 bits per heavy atom. The van der Waals surface area contributed by atoms with E-state index in [1.54, 1.807) is 18.2 Å². The minimum atomic E-state index is -0.403. The zero-order valence-corrected chi connectivity index (χ0v) is 9.95. The Kier molecular flexibility index (Phi) is 3.19. The summed E-state index contributed by atoms with van der Waals surface area (Å²) in [6, 6.07) is 4.79. The standard InChI is InChI=1S/C11H11ClN2O3/c1-7-6-8(2-3-9(7)17-12)14-5-4-10(15)13-11(14)16/h2-3,6H,4-5H2,1H3,(H,13,15,16). The molecule has 17 heavy (non-hydrogen) atoms. The lowest BCUT2D eigenvalue weighted by molar-refractivity contribution is -0.120. The number of halogens is 1. The van der Waals surface area contributed by atoms with E-state index in [1.165, 1.54) is 4.90 Å². The largest absolute Gasteiger partial charge is 0.385 e. The number of carbonyl (C=O) groups is 2. The van der Waals surface area contributed by atoms with E-state index in [9.17, 15) is 9.59 Å². The molecule has 0 unspecified atom stereocenters. The first-order chi connectivity index (χ1) is 8.11. The molecule has 2 rings (SSSR count). The zero-order chi connectivity index (χ0) is 12.4. The molecule has 90 valence electrons. The summed E-state index contributed by atoms with van der Waals surface area (Å²) in [6.07, 6.45) is 0.304. The minimum absolute atomic E-state index is 0.247. The number of nitrogens with one attached hydrogen (secondary N) is 1. The van der Waals surface area contributed by atoms with Gasteiger partial charge >= 0.3 is 6.03 Å². The molecule has 3 amide bonds. The van der Waals surface area contributed by atoms with Crippen molar-refractivity contribution in [3.63, 3.8) is 0 Å². The van der Waals surface area contributed by atoms with Crippen molar-refractivity contribution in [2.75, 3.05) is 11.4 Å². The number of aryl methyl sites for hydroxylation is 1. The molecule has 1 aromatic rings. The van der Waals surface area contributed by atoms with Crippen molar-refractivity contribution in [2.45, 2.75) is 13.3 Å². The topological polar surface area (TPSA) is 58.6 Å². The normalized spacial score (nSPS) is 15.8. The third-order valence-corrected chi connectivity index (χ3v) is 2.77. The summed E-state index contributed by atoms with van der Waals surface area (Å²) in [6.45, 7) is 2.21. The molecule has 0 aromatic heterocycles. The fraction of sp³-hybridized carbons (Fsp3) is 0.273. The Morgan fingerprint density at radius 3 is 2.76 bits per heavy atom. The molecule has 0 spiro atoms. The van der Waals surface area contributed by atoms with Crippen LogP contribution in [0.1, 0.15) is 12.0 Å². The van der Waals surface area contributed by atoms with Crippen molar-refractivity contribution >= 4 is 29.5 Å². The third kappa shape index (κ3) is 2.34. The van der Waals surface area contributed by atoms with E-state index in [0.717, 1.165) is 5.56 Å². The van der Waals surface area contributed by atoms with Gasteiger partial charge in [-0.3, -0.25) is 15.0 Å². The van der Waals surface area contributed by atoms with E-state index in [-0.39, 0.29) is 5.91 Å². The number of nitrogens with zero attached hydrogens (tertiary/aromatic N) is 1. The number of imide groups is 1. The van der Waals surface area contributed by atoms with Crippen molar-refractivity contribution < 1.29 is 13.9 Å². The monoisotopic (exact) mass is 254 g/mol. The molecule has 1 aliphatic heterocycles. The van der Waals surface area contributed by atoms with Crippen LogP contribution in [-0.4, -0.2) is 18.5 Å². The van der Waals surface area contributed by atoms with E-state index in [2.05, 4.69) is 9.61 Å². The van der Waals surface area contributed by atoms with Gasteiger partial charge in [-0.05, 0) is 30.7 Å². The lowest BCUT2D eigenvalue weighted by Gasteiger charge is -2.26. The van der Waals surface area contributed by atoms with E-state index in [0.29, 0.717) is 24.4 Å². The van der Waals surface area contributed by atoms with Gasteiger partial charge in [-0.2, -0.15) is 0 Å². The third-order valence-electron chi connectivity index (χ3n) is 2.61. The van der Waals surface area contributed by atoms with Gasteiger partial charge in [0, 0.05) is 18.7 Å². The number of rotatable bonds is 2. The average Bonchev–Trinajstić information content (AvgIpc) is 2.29. The van der Waals surface area contributed by atoms with Crippen molar-refractivity contribution in [2.24, 2.45) is 0 Å². The predicted octanol–water partition coefficient (Wildman–Crippen LogP) is 1.97. The highest BCUT2D eigenvalue weighted by Crippen LogP contribution is 2.26. The van der Waals surface area contributed by atoms with Crippen LogP contribution in [0.25, 0.3) is 0 Å². The first-order valence-corrected chi connectivity index (χ1v) is 5.43. The van der Waals surface area contributed by atoms with E-state index < -0.39 is 6.03 Å². The van der Waals surface area contributed by atoms with Crippen LogP contribution in [0.15, 0.2) is 18.2 Å². The number of benzene rings is 1. The van der Waals surface area contributed by atoms with Crippen LogP contribution in [0.3, 0.4) is 0 Å². The van der Waals surface area contributed by atoms with Crippen LogP contribution in [-0.2, 0) is 4.79 Å². The molecule has 0 atom stereocenters. The van der Waals surface area contributed by atoms with Crippen LogP contribution in [0.4, 0.5) is 10.5 Å². The van der Waals surface area contributed by atoms with Crippen LogP contribution in [0, 0.1) is 6.92 Å². The van der Waals surface area contributed by atoms with Gasteiger partial charge in [-0.1, -0.05) is 0 Å². The minimum Gasteiger partial charge on any atom is -0.385 e. The van der Waals surface area contributed by atoms with E-state index >= 15 is 0 Å². The zero-order valence-electron chi connectivity index (χ0n) is 9.20. The van der Waals surface area contributed by atoms with Gasteiger partial charge in [0.15, 0.2) is 0 Å². The van der Waals surface area contributed by atoms with Gasteiger partial charge in [0.25, 0.3) is 0 Å². The maximum absolute atomic E-state index is 11.6. The molecule has 1 N–H and O–H groups in total. The smallest absolute Gasteiger partial charge is 0.328 e. The van der Waals surface area contributed by atoms with Gasteiger partial charge < -0.3 is 4.29 Å². The van der Waals surface area contributed by atoms with Crippen molar-refractivity contribution in [1.82, 2.24) is 5.32 Å². The molecular weight excluding hydrogens is 244 g/mol. The van der Waals surface area contributed by atoms with Crippen LogP contribution >= 0.6 is 11.9 Å². The number of urea groups is 1. The Hall–Kier alpha value is -1.75. The Morgan fingerprint density at radius 2 is 2.18 bits per heavy atom. The van der Waals surface area contributed by atoms with Crippen molar-refractivity contribution in [3.8, 4) is 5.75 Å². The molecule has 0 aliphatic carbocycles. The lowest BCUT2D eigenvalue weighted by atomic mass is 10.1. The molecule has 5 nitrogen and oxygen atoms in total. The number of hydrogen-bond acceptors (Lipinski definition) is 3. The first-order valence-electron chi connectivity index (χ1n) is 5.12. The fourth-order valence-corrected chi connectivity index (χ4v) is 1.87. The van der Waals surface area contributed by atoms with Crippen molar-refractivity contribution in [3.05, 3.63) is 23.8 Å². The first kappa shape index (κ1) is 11.7. The van der Waals surface area contributed by atoms with Gasteiger partial charge in [0.1, 0.15) is 17.6 Å². The van der Waals surface area contributed by atoms with Gasteiger partial charge in [-0.15, -0.1) is 0 Å². The summed E-state index contributed by atoms with van der Waals surface area (Å²) in [4.78, 5) is 24.1. The molecule has 6 heteroatoms. The highest BCUT2D eigenvalue weighted by atomic mass is 35.5. The summed E-state index contributed by atoms with van der Waals surface area (Å²) in [5, 5.41) is 2.27. The molecule has 1 aliphatic rings. The number of carbonyl (C=O) groups excluding carboxylic acids is 2. The van der Waals surface area contributed by atoms with E-state index in [4.69, 9.17) is 11.9 Å². The second-order valence-corrected chi connectivity index (χ2v) is 3.94. The van der Waals surface area contributed by atoms with Crippen LogP contribution < -0.4 is 14.5 Å². The van der Waals surface area contributed by atoms with E-state index in [1.807, 2.05) is 6.92 Å². The molecule has 1 heterocycles. The van der Waals surface area contributed by atoms with Crippen molar-refractivity contribution in [1.29, 1.82) is 0 Å². The summed E-state index contributed by atoms with van der Waals surface area (Å²) in [7, 11) is 0. The number of hydrogen-bond donors (Lipinski definition) is 1.